The second-order valence-corrected chi connectivity index (χ2v) is 6.72. The minimum absolute atomic E-state index is 0.0478. The summed E-state index contributed by atoms with van der Waals surface area (Å²) in [6.07, 6.45) is 0.136. The average Bonchev–Trinajstić information content (AvgIpc) is 2.99. The minimum atomic E-state index is -0.591. The van der Waals surface area contributed by atoms with Crippen molar-refractivity contribution in [1.29, 1.82) is 0 Å². The van der Waals surface area contributed by atoms with Gasteiger partial charge in [-0.1, -0.05) is 24.8 Å². The van der Waals surface area contributed by atoms with Gasteiger partial charge in [0.2, 0.25) is 0 Å². The Morgan fingerprint density at radius 1 is 1.15 bits per heavy atom. The molecule has 0 bridgehead atoms. The monoisotopic (exact) mass is 362 g/mol. The third kappa shape index (κ3) is 2.81. The maximum Gasteiger partial charge on any atom is 0.259 e. The van der Waals surface area contributed by atoms with Crippen molar-refractivity contribution in [2.75, 3.05) is 24.4 Å². The SMILES string of the molecule is C=C=C1Cc2ccccc2N2C(=O)[C@H](OC)[C@H](Nc3ccc(OC)cc3)[C@@H]12. The smallest absolute Gasteiger partial charge is 0.259 e. The average molecular weight is 362 g/mol. The van der Waals surface area contributed by atoms with Gasteiger partial charge < -0.3 is 14.8 Å². The first-order valence-corrected chi connectivity index (χ1v) is 8.91. The molecule has 0 aromatic heterocycles. The number of carbonyl (C=O) groups is 1. The number of methoxy groups -OCH3 is 2. The predicted molar refractivity (Wildman–Crippen MR) is 105 cm³/mol. The second kappa shape index (κ2) is 6.95. The Morgan fingerprint density at radius 2 is 1.89 bits per heavy atom. The number of amides is 1. The number of nitrogens with zero attached hydrogens (tertiary/aromatic N) is 1. The largest absolute Gasteiger partial charge is 0.497 e. The molecule has 5 nitrogen and oxygen atoms in total. The van der Waals surface area contributed by atoms with Crippen molar-refractivity contribution in [3.8, 4) is 5.75 Å². The van der Waals surface area contributed by atoms with Crippen LogP contribution in [0.25, 0.3) is 0 Å². The lowest BCUT2D eigenvalue weighted by Crippen LogP contribution is -2.45. The van der Waals surface area contributed by atoms with Crippen LogP contribution in [0.15, 0.2) is 66.4 Å². The molecule has 2 aliphatic rings. The van der Waals surface area contributed by atoms with Crippen molar-refractivity contribution in [2.24, 2.45) is 0 Å². The molecule has 3 atom stereocenters. The van der Waals surface area contributed by atoms with E-state index in [2.05, 4.69) is 17.6 Å². The van der Waals surface area contributed by atoms with E-state index in [9.17, 15) is 4.79 Å². The molecule has 0 radical (unpaired) electrons. The fourth-order valence-corrected chi connectivity index (χ4v) is 4.05. The Kier molecular flexibility index (Phi) is 4.48. The Labute approximate surface area is 158 Å². The minimum Gasteiger partial charge on any atom is -0.497 e. The lowest BCUT2D eigenvalue weighted by atomic mass is 9.89. The molecule has 0 unspecified atom stereocenters. The van der Waals surface area contributed by atoms with Crippen LogP contribution in [-0.2, 0) is 16.0 Å². The van der Waals surface area contributed by atoms with Crippen LogP contribution in [0.1, 0.15) is 5.56 Å². The number of anilines is 2. The Morgan fingerprint density at radius 3 is 2.56 bits per heavy atom. The van der Waals surface area contributed by atoms with Crippen LogP contribution < -0.4 is 15.0 Å². The molecule has 27 heavy (non-hydrogen) atoms. The van der Waals surface area contributed by atoms with Crippen LogP contribution in [0.3, 0.4) is 0 Å². The van der Waals surface area contributed by atoms with Gasteiger partial charge in [0.25, 0.3) is 5.91 Å². The number of carbonyl (C=O) groups excluding carboxylic acids is 1. The van der Waals surface area contributed by atoms with Gasteiger partial charge in [-0.15, -0.1) is 5.73 Å². The summed E-state index contributed by atoms with van der Waals surface area (Å²) in [6.45, 7) is 3.87. The molecule has 0 saturated carbocycles. The molecule has 2 heterocycles. The van der Waals surface area contributed by atoms with Gasteiger partial charge in [0.15, 0.2) is 6.10 Å². The van der Waals surface area contributed by atoms with Crippen molar-refractivity contribution < 1.29 is 14.3 Å². The summed E-state index contributed by atoms with van der Waals surface area (Å²) in [5.41, 5.74) is 7.01. The molecule has 4 rings (SSSR count). The molecular weight excluding hydrogens is 340 g/mol. The number of fused-ring (bicyclic) bond motifs is 3. The Hall–Kier alpha value is -3.01. The quantitative estimate of drug-likeness (QED) is 0.849. The summed E-state index contributed by atoms with van der Waals surface area (Å²) in [5, 5.41) is 3.49. The predicted octanol–water partition coefficient (Wildman–Crippen LogP) is 3.17. The van der Waals surface area contributed by atoms with Gasteiger partial charge in [-0.05, 0) is 35.9 Å². The highest BCUT2D eigenvalue weighted by Gasteiger charge is 2.52. The van der Waals surface area contributed by atoms with Gasteiger partial charge in [0.05, 0.1) is 19.2 Å². The van der Waals surface area contributed by atoms with Crippen molar-refractivity contribution in [3.05, 3.63) is 72.0 Å². The molecule has 5 heteroatoms. The fraction of sp³-hybridized carbons (Fsp3) is 0.273. The first-order valence-electron chi connectivity index (χ1n) is 8.91. The number of benzene rings is 2. The molecule has 1 N–H and O–H groups in total. The van der Waals surface area contributed by atoms with Crippen LogP contribution in [-0.4, -0.2) is 38.3 Å². The molecule has 1 amide bonds. The van der Waals surface area contributed by atoms with Gasteiger partial charge in [-0.3, -0.25) is 9.69 Å². The first-order chi connectivity index (χ1) is 13.2. The molecule has 2 aromatic carbocycles. The van der Waals surface area contributed by atoms with Gasteiger partial charge >= 0.3 is 0 Å². The highest BCUT2D eigenvalue weighted by Crippen LogP contribution is 2.41. The fourth-order valence-electron chi connectivity index (χ4n) is 4.05. The zero-order valence-electron chi connectivity index (χ0n) is 15.4. The van der Waals surface area contributed by atoms with E-state index in [1.54, 1.807) is 14.2 Å². The molecular formula is C22H22N2O3. The van der Waals surface area contributed by atoms with Crippen molar-refractivity contribution in [3.63, 3.8) is 0 Å². The van der Waals surface area contributed by atoms with Crippen molar-refractivity contribution >= 4 is 17.3 Å². The number of hydrogen-bond donors (Lipinski definition) is 1. The van der Waals surface area contributed by atoms with E-state index < -0.39 is 6.10 Å². The third-order valence-electron chi connectivity index (χ3n) is 5.32. The van der Waals surface area contributed by atoms with E-state index in [-0.39, 0.29) is 18.0 Å². The maximum atomic E-state index is 13.2. The third-order valence-corrected chi connectivity index (χ3v) is 5.32. The van der Waals surface area contributed by atoms with Crippen LogP contribution in [0.2, 0.25) is 0 Å². The van der Waals surface area contributed by atoms with Gasteiger partial charge in [-0.25, -0.2) is 0 Å². The van der Waals surface area contributed by atoms with Crippen LogP contribution in [0.4, 0.5) is 11.4 Å². The maximum absolute atomic E-state index is 13.2. The van der Waals surface area contributed by atoms with Crippen molar-refractivity contribution in [1.82, 2.24) is 0 Å². The standard InChI is InChI=1S/C22H22N2O3/c1-4-14-13-15-7-5-6-8-18(15)24-20(14)19(21(27-3)22(24)25)23-16-9-11-17(26-2)12-10-16/h5-12,19-21,23H,1,13H2,2-3H3/t19-,20-,21-/m1/s1. The van der Waals surface area contributed by atoms with E-state index in [1.807, 2.05) is 53.4 Å². The summed E-state index contributed by atoms with van der Waals surface area (Å²) in [4.78, 5) is 15.0. The van der Waals surface area contributed by atoms with Gasteiger partial charge in [-0.2, -0.15) is 0 Å². The van der Waals surface area contributed by atoms with E-state index in [0.717, 1.165) is 34.7 Å². The molecule has 1 fully saturated rings. The van der Waals surface area contributed by atoms with E-state index in [4.69, 9.17) is 9.47 Å². The number of ether oxygens (including phenoxy) is 2. The number of nitrogens with one attached hydrogen (secondary N) is 1. The zero-order chi connectivity index (χ0) is 19.0. The summed E-state index contributed by atoms with van der Waals surface area (Å²) >= 11 is 0. The van der Waals surface area contributed by atoms with Crippen LogP contribution in [0, 0.1) is 0 Å². The number of rotatable bonds is 4. The van der Waals surface area contributed by atoms with Crippen LogP contribution >= 0.6 is 0 Å². The Bertz CT molecular complexity index is 915. The normalized spacial score (nSPS) is 23.5. The zero-order valence-corrected chi connectivity index (χ0v) is 15.4. The summed E-state index contributed by atoms with van der Waals surface area (Å²) in [6, 6.07) is 15.2. The van der Waals surface area contributed by atoms with E-state index in [1.165, 1.54) is 0 Å². The molecule has 138 valence electrons. The topological polar surface area (TPSA) is 50.8 Å². The van der Waals surface area contributed by atoms with E-state index >= 15 is 0 Å². The van der Waals surface area contributed by atoms with Gasteiger partial charge in [0.1, 0.15) is 5.75 Å². The molecule has 2 aromatic rings. The van der Waals surface area contributed by atoms with E-state index in [0.29, 0.717) is 0 Å². The summed E-state index contributed by atoms with van der Waals surface area (Å²) in [7, 11) is 3.21. The first kappa shape index (κ1) is 17.4. The molecule has 0 spiro atoms. The lowest BCUT2D eigenvalue weighted by molar-refractivity contribution is -0.125. The Balaban J connectivity index is 1.75. The molecule has 1 saturated heterocycles. The number of hydrogen-bond acceptors (Lipinski definition) is 4. The lowest BCUT2D eigenvalue weighted by Gasteiger charge is -2.35. The van der Waals surface area contributed by atoms with Crippen LogP contribution in [0.5, 0.6) is 5.75 Å². The highest BCUT2D eigenvalue weighted by atomic mass is 16.5. The molecule has 2 aliphatic heterocycles. The number of para-hydroxylation sites is 1. The highest BCUT2D eigenvalue weighted by molar-refractivity contribution is 6.03. The van der Waals surface area contributed by atoms with Gasteiger partial charge in [0, 0.05) is 30.5 Å². The summed E-state index contributed by atoms with van der Waals surface area (Å²) in [5.74, 6) is 0.736. The summed E-state index contributed by atoms with van der Waals surface area (Å²) < 4.78 is 10.8. The van der Waals surface area contributed by atoms with Crippen molar-refractivity contribution in [2.45, 2.75) is 24.6 Å². The molecule has 0 aliphatic carbocycles. The second-order valence-electron chi connectivity index (χ2n) is 6.72.